The molecule has 0 saturated carbocycles. The van der Waals surface area contributed by atoms with Crippen LogP contribution in [0, 0.1) is 0 Å². The average Bonchev–Trinajstić information content (AvgIpc) is 2.30. The van der Waals surface area contributed by atoms with Crippen molar-refractivity contribution >= 4 is 12.0 Å². The molecule has 92 valence electrons. The molecule has 0 heterocycles. The lowest BCUT2D eigenvalue weighted by Gasteiger charge is -2.24. The lowest BCUT2D eigenvalue weighted by atomic mass is 10.0. The van der Waals surface area contributed by atoms with Gasteiger partial charge in [0.05, 0.1) is 0 Å². The fourth-order valence-corrected chi connectivity index (χ4v) is 1.36. The summed E-state index contributed by atoms with van der Waals surface area (Å²) in [6, 6.07) is 9.87. The number of rotatable bonds is 4. The second-order valence-electron chi connectivity index (χ2n) is 4.93. The van der Waals surface area contributed by atoms with Gasteiger partial charge in [-0.25, -0.2) is 0 Å². The van der Waals surface area contributed by atoms with Gasteiger partial charge in [-0.3, -0.25) is 4.79 Å². The van der Waals surface area contributed by atoms with Gasteiger partial charge < -0.3 is 5.32 Å². The Morgan fingerprint density at radius 2 is 1.88 bits per heavy atom. The van der Waals surface area contributed by atoms with E-state index in [1.807, 2.05) is 57.2 Å². The third kappa shape index (κ3) is 4.43. The number of carbonyl (C=O) groups is 1. The highest BCUT2D eigenvalue weighted by Gasteiger charge is 2.18. The maximum Gasteiger partial charge on any atom is 0.247 e. The third-order valence-electron chi connectivity index (χ3n) is 2.88. The van der Waals surface area contributed by atoms with Crippen LogP contribution in [0.3, 0.4) is 0 Å². The minimum atomic E-state index is -0.150. The molecule has 0 aliphatic rings. The predicted molar refractivity (Wildman–Crippen MR) is 72.6 cm³/mol. The molecular weight excluding hydrogens is 210 g/mol. The Morgan fingerprint density at radius 1 is 1.29 bits per heavy atom. The van der Waals surface area contributed by atoms with E-state index in [0.717, 1.165) is 17.6 Å². The van der Waals surface area contributed by atoms with E-state index in [0.29, 0.717) is 0 Å². The van der Waals surface area contributed by atoms with Crippen molar-refractivity contribution in [1.82, 2.24) is 5.32 Å². The van der Waals surface area contributed by atoms with Crippen molar-refractivity contribution in [3.05, 3.63) is 41.5 Å². The standard InChI is InChI=1S/C15H21NO/c1-5-15(3,4)16-14(17)12(2)11-13-9-7-6-8-10-13/h6-11H,5H2,1-4H3,(H,16,17). The van der Waals surface area contributed by atoms with Crippen LogP contribution in [-0.4, -0.2) is 11.4 Å². The van der Waals surface area contributed by atoms with Gasteiger partial charge in [-0.05, 0) is 38.8 Å². The summed E-state index contributed by atoms with van der Waals surface area (Å²) in [5.41, 5.74) is 1.63. The first-order chi connectivity index (χ1) is 7.94. The molecule has 2 nitrogen and oxygen atoms in total. The summed E-state index contributed by atoms with van der Waals surface area (Å²) in [4.78, 5) is 11.9. The molecule has 0 radical (unpaired) electrons. The highest BCUT2D eigenvalue weighted by atomic mass is 16.1. The first-order valence-corrected chi connectivity index (χ1v) is 6.00. The Hall–Kier alpha value is -1.57. The summed E-state index contributed by atoms with van der Waals surface area (Å²) in [7, 11) is 0. The largest absolute Gasteiger partial charge is 0.347 e. The van der Waals surface area contributed by atoms with Crippen LogP contribution in [0.5, 0.6) is 0 Å². The van der Waals surface area contributed by atoms with Gasteiger partial charge in [0.25, 0.3) is 0 Å². The van der Waals surface area contributed by atoms with Crippen LogP contribution in [0.4, 0.5) is 0 Å². The van der Waals surface area contributed by atoms with Gasteiger partial charge in [-0.15, -0.1) is 0 Å². The SMILES string of the molecule is CCC(C)(C)NC(=O)C(C)=Cc1ccccc1. The second-order valence-corrected chi connectivity index (χ2v) is 4.93. The van der Waals surface area contributed by atoms with Crippen LogP contribution in [-0.2, 0) is 4.79 Å². The van der Waals surface area contributed by atoms with Gasteiger partial charge in [0.2, 0.25) is 5.91 Å². The number of hydrogen-bond donors (Lipinski definition) is 1. The number of benzene rings is 1. The lowest BCUT2D eigenvalue weighted by molar-refractivity contribution is -0.118. The Kier molecular flexibility index (Phi) is 4.50. The molecule has 2 heteroatoms. The molecule has 0 aliphatic carbocycles. The Labute approximate surface area is 104 Å². The van der Waals surface area contributed by atoms with Gasteiger partial charge in [0, 0.05) is 11.1 Å². The smallest absolute Gasteiger partial charge is 0.247 e. The summed E-state index contributed by atoms with van der Waals surface area (Å²) in [5, 5.41) is 3.02. The van der Waals surface area contributed by atoms with Crippen LogP contribution in [0.25, 0.3) is 6.08 Å². The van der Waals surface area contributed by atoms with E-state index in [-0.39, 0.29) is 11.4 Å². The van der Waals surface area contributed by atoms with E-state index < -0.39 is 0 Å². The Bertz CT molecular complexity index is 404. The van der Waals surface area contributed by atoms with Gasteiger partial charge in [0.15, 0.2) is 0 Å². The van der Waals surface area contributed by atoms with E-state index in [4.69, 9.17) is 0 Å². The molecule has 0 fully saturated rings. The first kappa shape index (κ1) is 13.5. The number of nitrogens with one attached hydrogen (secondary N) is 1. The summed E-state index contributed by atoms with van der Waals surface area (Å²) in [6.07, 6.45) is 2.82. The van der Waals surface area contributed by atoms with Crippen LogP contribution in [0.15, 0.2) is 35.9 Å². The zero-order chi connectivity index (χ0) is 12.9. The van der Waals surface area contributed by atoms with Crippen LogP contribution in [0.2, 0.25) is 0 Å². The molecule has 1 aromatic rings. The fourth-order valence-electron chi connectivity index (χ4n) is 1.36. The minimum absolute atomic E-state index is 0.000651. The van der Waals surface area contributed by atoms with Crippen LogP contribution >= 0.6 is 0 Å². The van der Waals surface area contributed by atoms with Crippen molar-refractivity contribution in [1.29, 1.82) is 0 Å². The molecule has 1 N–H and O–H groups in total. The first-order valence-electron chi connectivity index (χ1n) is 6.00. The Balaban J connectivity index is 2.74. The molecule has 17 heavy (non-hydrogen) atoms. The zero-order valence-electron chi connectivity index (χ0n) is 11.1. The van der Waals surface area contributed by atoms with Crippen molar-refractivity contribution in [3.63, 3.8) is 0 Å². The summed E-state index contributed by atoms with van der Waals surface area (Å²) < 4.78 is 0. The van der Waals surface area contributed by atoms with Gasteiger partial charge in [-0.1, -0.05) is 37.3 Å². The topological polar surface area (TPSA) is 29.1 Å². The summed E-state index contributed by atoms with van der Waals surface area (Å²) >= 11 is 0. The average molecular weight is 231 g/mol. The third-order valence-corrected chi connectivity index (χ3v) is 2.88. The monoisotopic (exact) mass is 231 g/mol. The highest BCUT2D eigenvalue weighted by Crippen LogP contribution is 2.10. The van der Waals surface area contributed by atoms with E-state index >= 15 is 0 Å². The van der Waals surface area contributed by atoms with E-state index in [1.165, 1.54) is 0 Å². The number of carbonyl (C=O) groups excluding carboxylic acids is 1. The molecule has 0 unspecified atom stereocenters. The molecule has 1 amide bonds. The molecule has 1 aromatic carbocycles. The van der Waals surface area contributed by atoms with Crippen molar-refractivity contribution < 1.29 is 4.79 Å². The summed E-state index contributed by atoms with van der Waals surface area (Å²) in [6.45, 7) is 7.96. The van der Waals surface area contributed by atoms with Crippen molar-refractivity contribution in [3.8, 4) is 0 Å². The normalized spacial score (nSPS) is 12.4. The molecule has 1 rings (SSSR count). The lowest BCUT2D eigenvalue weighted by Crippen LogP contribution is -2.43. The van der Waals surface area contributed by atoms with E-state index in [1.54, 1.807) is 0 Å². The van der Waals surface area contributed by atoms with Crippen molar-refractivity contribution in [2.75, 3.05) is 0 Å². The fraction of sp³-hybridized carbons (Fsp3) is 0.400. The molecule has 0 bridgehead atoms. The molecule has 0 spiro atoms. The van der Waals surface area contributed by atoms with E-state index in [2.05, 4.69) is 12.2 Å². The predicted octanol–water partition coefficient (Wildman–Crippen LogP) is 3.39. The van der Waals surface area contributed by atoms with Crippen LogP contribution in [0.1, 0.15) is 39.7 Å². The number of amides is 1. The van der Waals surface area contributed by atoms with Gasteiger partial charge >= 0.3 is 0 Å². The molecule has 0 aliphatic heterocycles. The second kappa shape index (κ2) is 5.67. The highest BCUT2D eigenvalue weighted by molar-refractivity contribution is 5.97. The zero-order valence-corrected chi connectivity index (χ0v) is 11.1. The van der Waals surface area contributed by atoms with Crippen LogP contribution < -0.4 is 5.32 Å². The maximum atomic E-state index is 11.9. The quantitative estimate of drug-likeness (QED) is 0.791. The van der Waals surface area contributed by atoms with E-state index in [9.17, 15) is 4.79 Å². The molecular formula is C15H21NO. The van der Waals surface area contributed by atoms with Crippen molar-refractivity contribution in [2.24, 2.45) is 0 Å². The Morgan fingerprint density at radius 3 is 2.41 bits per heavy atom. The molecule has 0 aromatic heterocycles. The van der Waals surface area contributed by atoms with Gasteiger partial charge in [-0.2, -0.15) is 0 Å². The van der Waals surface area contributed by atoms with Crippen molar-refractivity contribution in [2.45, 2.75) is 39.7 Å². The minimum Gasteiger partial charge on any atom is -0.347 e. The number of hydrogen-bond acceptors (Lipinski definition) is 1. The molecule has 0 saturated heterocycles. The maximum absolute atomic E-state index is 11.9. The van der Waals surface area contributed by atoms with Gasteiger partial charge in [0.1, 0.15) is 0 Å². The molecule has 0 atom stereocenters. The summed E-state index contributed by atoms with van der Waals surface area (Å²) in [5.74, 6) is 0.000651.